The molecule has 0 aromatic heterocycles. The third-order valence-electron chi connectivity index (χ3n) is 5.58. The Hall–Kier alpha value is -3.67. The van der Waals surface area contributed by atoms with Crippen molar-refractivity contribution in [3.8, 4) is 0 Å². The number of urea groups is 1. The Morgan fingerprint density at radius 2 is 1.59 bits per heavy atom. The summed E-state index contributed by atoms with van der Waals surface area (Å²) in [4.78, 5) is 28.9. The molecular formula is C26H26FN3O2. The molecular weight excluding hydrogens is 405 g/mol. The SMILES string of the molecule is O=C(NCCc1ccccc1)c1ccc(N2CCCN(Cc3ccc(F)cc3)C2=O)cc1. The maximum atomic E-state index is 13.1. The number of amides is 3. The van der Waals surface area contributed by atoms with Crippen LogP contribution in [0.5, 0.6) is 0 Å². The molecule has 1 aliphatic heterocycles. The first kappa shape index (κ1) is 21.6. The number of carbonyl (C=O) groups excluding carboxylic acids is 2. The van der Waals surface area contributed by atoms with Crippen molar-refractivity contribution in [2.45, 2.75) is 19.4 Å². The van der Waals surface area contributed by atoms with E-state index in [0.29, 0.717) is 31.7 Å². The monoisotopic (exact) mass is 431 g/mol. The number of hydrogen-bond donors (Lipinski definition) is 1. The van der Waals surface area contributed by atoms with Crippen molar-refractivity contribution in [1.29, 1.82) is 0 Å². The quantitative estimate of drug-likeness (QED) is 0.593. The summed E-state index contributed by atoms with van der Waals surface area (Å²) < 4.78 is 13.1. The second kappa shape index (κ2) is 10.1. The normalized spacial score (nSPS) is 13.8. The molecule has 0 radical (unpaired) electrons. The molecule has 0 spiro atoms. The molecule has 3 aromatic carbocycles. The molecule has 1 N–H and O–H groups in total. The number of nitrogens with one attached hydrogen (secondary N) is 1. The fourth-order valence-electron chi connectivity index (χ4n) is 3.84. The van der Waals surface area contributed by atoms with Crippen molar-refractivity contribution in [3.63, 3.8) is 0 Å². The van der Waals surface area contributed by atoms with Gasteiger partial charge in [0.05, 0.1) is 0 Å². The number of halogens is 1. The molecule has 1 aliphatic rings. The van der Waals surface area contributed by atoms with Crippen LogP contribution in [0.25, 0.3) is 0 Å². The Kier molecular flexibility index (Phi) is 6.80. The first-order valence-electron chi connectivity index (χ1n) is 10.8. The van der Waals surface area contributed by atoms with Gasteiger partial charge in [-0.2, -0.15) is 0 Å². The third-order valence-corrected chi connectivity index (χ3v) is 5.58. The van der Waals surface area contributed by atoms with Gasteiger partial charge in [-0.3, -0.25) is 9.69 Å². The summed E-state index contributed by atoms with van der Waals surface area (Å²) in [5.41, 5.74) is 3.40. The topological polar surface area (TPSA) is 52.7 Å². The predicted octanol–water partition coefficient (Wildman–Crippen LogP) is 4.63. The van der Waals surface area contributed by atoms with E-state index in [1.54, 1.807) is 34.1 Å². The number of carbonyl (C=O) groups is 2. The maximum absolute atomic E-state index is 13.1. The molecule has 32 heavy (non-hydrogen) atoms. The van der Waals surface area contributed by atoms with Crippen LogP contribution in [0.1, 0.15) is 27.9 Å². The van der Waals surface area contributed by atoms with E-state index < -0.39 is 0 Å². The van der Waals surface area contributed by atoms with Crippen LogP contribution >= 0.6 is 0 Å². The van der Waals surface area contributed by atoms with Crippen molar-refractivity contribution in [3.05, 3.63) is 101 Å². The van der Waals surface area contributed by atoms with E-state index in [2.05, 4.69) is 5.32 Å². The lowest BCUT2D eigenvalue weighted by molar-refractivity contribution is 0.0954. The molecule has 0 bridgehead atoms. The van der Waals surface area contributed by atoms with Crippen LogP contribution in [-0.2, 0) is 13.0 Å². The zero-order valence-corrected chi connectivity index (χ0v) is 17.8. The molecule has 0 saturated carbocycles. The van der Waals surface area contributed by atoms with Gasteiger partial charge in [0, 0.05) is 37.4 Å². The fourth-order valence-corrected chi connectivity index (χ4v) is 3.84. The van der Waals surface area contributed by atoms with E-state index in [9.17, 15) is 14.0 Å². The second-order valence-corrected chi connectivity index (χ2v) is 7.87. The lowest BCUT2D eigenvalue weighted by atomic mass is 10.1. The average molecular weight is 432 g/mol. The Bertz CT molecular complexity index is 1050. The van der Waals surface area contributed by atoms with Crippen LogP contribution in [0.2, 0.25) is 0 Å². The molecule has 6 heteroatoms. The molecule has 0 atom stereocenters. The highest BCUT2D eigenvalue weighted by Gasteiger charge is 2.26. The van der Waals surface area contributed by atoms with E-state index >= 15 is 0 Å². The van der Waals surface area contributed by atoms with E-state index in [4.69, 9.17) is 0 Å². The molecule has 1 fully saturated rings. The lowest BCUT2D eigenvalue weighted by Crippen LogP contribution is -2.49. The van der Waals surface area contributed by atoms with Crippen LogP contribution in [0, 0.1) is 5.82 Å². The maximum Gasteiger partial charge on any atom is 0.324 e. The Morgan fingerprint density at radius 3 is 2.31 bits per heavy atom. The summed E-state index contributed by atoms with van der Waals surface area (Å²) in [5, 5.41) is 2.94. The Labute approximate surface area is 187 Å². The largest absolute Gasteiger partial charge is 0.352 e. The number of hydrogen-bond acceptors (Lipinski definition) is 2. The number of benzene rings is 3. The first-order chi connectivity index (χ1) is 15.6. The Morgan fingerprint density at radius 1 is 0.875 bits per heavy atom. The minimum absolute atomic E-state index is 0.0827. The summed E-state index contributed by atoms with van der Waals surface area (Å²) in [6, 6.07) is 23.3. The highest BCUT2D eigenvalue weighted by Crippen LogP contribution is 2.22. The summed E-state index contributed by atoms with van der Waals surface area (Å²) in [7, 11) is 0. The lowest BCUT2D eigenvalue weighted by Gasteiger charge is -2.35. The Balaban J connectivity index is 1.34. The van der Waals surface area contributed by atoms with Crippen molar-refractivity contribution >= 4 is 17.6 Å². The van der Waals surface area contributed by atoms with Gasteiger partial charge in [-0.25, -0.2) is 9.18 Å². The van der Waals surface area contributed by atoms with Gasteiger partial charge >= 0.3 is 6.03 Å². The number of rotatable bonds is 7. The summed E-state index contributed by atoms with van der Waals surface area (Å²) >= 11 is 0. The number of nitrogens with zero attached hydrogens (tertiary/aromatic N) is 2. The third kappa shape index (κ3) is 5.32. The van der Waals surface area contributed by atoms with Crippen molar-refractivity contribution < 1.29 is 14.0 Å². The molecule has 4 rings (SSSR count). The van der Waals surface area contributed by atoms with Crippen LogP contribution in [0.3, 0.4) is 0 Å². The van der Waals surface area contributed by atoms with Crippen LogP contribution in [0.15, 0.2) is 78.9 Å². The van der Waals surface area contributed by atoms with E-state index in [0.717, 1.165) is 24.1 Å². The van der Waals surface area contributed by atoms with Gasteiger partial charge in [0.2, 0.25) is 0 Å². The molecule has 0 unspecified atom stereocenters. The molecule has 1 heterocycles. The second-order valence-electron chi connectivity index (χ2n) is 7.87. The van der Waals surface area contributed by atoms with Gasteiger partial charge in [-0.05, 0) is 60.4 Å². The van der Waals surface area contributed by atoms with Crippen LogP contribution in [0.4, 0.5) is 14.9 Å². The fraction of sp³-hybridized carbons (Fsp3) is 0.231. The van der Waals surface area contributed by atoms with Gasteiger partial charge in [0.25, 0.3) is 5.91 Å². The van der Waals surface area contributed by atoms with E-state index in [1.165, 1.54) is 17.7 Å². The smallest absolute Gasteiger partial charge is 0.324 e. The van der Waals surface area contributed by atoms with Gasteiger partial charge in [0.1, 0.15) is 5.82 Å². The van der Waals surface area contributed by atoms with Gasteiger partial charge in [-0.15, -0.1) is 0 Å². The van der Waals surface area contributed by atoms with Gasteiger partial charge in [-0.1, -0.05) is 42.5 Å². The zero-order chi connectivity index (χ0) is 22.3. The van der Waals surface area contributed by atoms with Crippen LogP contribution < -0.4 is 10.2 Å². The molecule has 3 aromatic rings. The minimum Gasteiger partial charge on any atom is -0.352 e. The molecule has 164 valence electrons. The van der Waals surface area contributed by atoms with Crippen molar-refractivity contribution in [2.24, 2.45) is 0 Å². The molecule has 3 amide bonds. The minimum atomic E-state index is -0.287. The van der Waals surface area contributed by atoms with Gasteiger partial charge < -0.3 is 10.2 Å². The molecule has 5 nitrogen and oxygen atoms in total. The van der Waals surface area contributed by atoms with E-state index in [1.807, 2.05) is 42.5 Å². The highest BCUT2D eigenvalue weighted by molar-refractivity contribution is 5.96. The predicted molar refractivity (Wildman–Crippen MR) is 123 cm³/mol. The summed E-state index contributed by atoms with van der Waals surface area (Å²) in [5.74, 6) is -0.417. The van der Waals surface area contributed by atoms with E-state index in [-0.39, 0.29) is 17.8 Å². The summed E-state index contributed by atoms with van der Waals surface area (Å²) in [6.07, 6.45) is 1.62. The molecule has 0 aliphatic carbocycles. The number of anilines is 1. The highest BCUT2D eigenvalue weighted by atomic mass is 19.1. The summed E-state index contributed by atoms with van der Waals surface area (Å²) in [6.45, 7) is 2.29. The average Bonchev–Trinajstić information content (AvgIpc) is 2.82. The first-order valence-corrected chi connectivity index (χ1v) is 10.8. The molecule has 1 saturated heterocycles. The van der Waals surface area contributed by atoms with Crippen molar-refractivity contribution in [2.75, 3.05) is 24.5 Å². The van der Waals surface area contributed by atoms with Crippen LogP contribution in [-0.4, -0.2) is 36.5 Å². The zero-order valence-electron chi connectivity index (χ0n) is 17.8. The van der Waals surface area contributed by atoms with Gasteiger partial charge in [0.15, 0.2) is 0 Å². The standard InChI is InChI=1S/C26H26FN3O2/c27-23-11-7-21(8-12-23)19-29-17-4-18-30(26(29)32)24-13-9-22(10-14-24)25(31)28-16-15-20-5-2-1-3-6-20/h1-3,5-14H,4,15-19H2,(H,28,31). The van der Waals surface area contributed by atoms with Crippen molar-refractivity contribution in [1.82, 2.24) is 10.2 Å².